The van der Waals surface area contributed by atoms with Crippen molar-refractivity contribution in [3.8, 4) is 0 Å². The number of likely N-dealkylation sites (tertiary alicyclic amines) is 2. The summed E-state index contributed by atoms with van der Waals surface area (Å²) in [7, 11) is 0. The summed E-state index contributed by atoms with van der Waals surface area (Å²) >= 11 is 0. The standard InChI is InChI=1S/C24H41N3O3/c1-22(2,3)19(28)27-16-18(27)13-24(6,7)21(30)26-14-17(15-26)12-23(4,5)20(29)25-10-8-9-11-25/h17-18H,8-16H2,1-7H3. The van der Waals surface area contributed by atoms with Gasteiger partial charge in [0, 0.05) is 49.0 Å². The molecule has 3 aliphatic heterocycles. The minimum Gasteiger partial charge on any atom is -0.342 e. The minimum absolute atomic E-state index is 0.171. The molecular formula is C24H41N3O3. The van der Waals surface area contributed by atoms with Crippen molar-refractivity contribution >= 4 is 17.7 Å². The van der Waals surface area contributed by atoms with Crippen LogP contribution in [0.25, 0.3) is 0 Å². The summed E-state index contributed by atoms with van der Waals surface area (Å²) in [5, 5.41) is 0. The lowest BCUT2D eigenvalue weighted by atomic mass is 9.77. The number of hydrogen-bond acceptors (Lipinski definition) is 3. The summed E-state index contributed by atoms with van der Waals surface area (Å²) in [6, 6.07) is 0.185. The van der Waals surface area contributed by atoms with Gasteiger partial charge in [0.1, 0.15) is 0 Å². The van der Waals surface area contributed by atoms with E-state index in [2.05, 4.69) is 13.8 Å². The van der Waals surface area contributed by atoms with E-state index in [1.54, 1.807) is 0 Å². The maximum Gasteiger partial charge on any atom is 0.228 e. The summed E-state index contributed by atoms with van der Waals surface area (Å²) < 4.78 is 0. The van der Waals surface area contributed by atoms with Gasteiger partial charge in [0.15, 0.2) is 0 Å². The Labute approximate surface area is 182 Å². The maximum absolute atomic E-state index is 13.1. The summed E-state index contributed by atoms with van der Waals surface area (Å²) in [5.74, 6) is 1.01. The first-order valence-electron chi connectivity index (χ1n) is 11.6. The van der Waals surface area contributed by atoms with Crippen LogP contribution in [-0.2, 0) is 14.4 Å². The lowest BCUT2D eigenvalue weighted by Gasteiger charge is -2.45. The minimum atomic E-state index is -0.469. The molecule has 3 rings (SSSR count). The van der Waals surface area contributed by atoms with E-state index in [-0.39, 0.29) is 34.6 Å². The quantitative estimate of drug-likeness (QED) is 0.622. The molecule has 0 aromatic heterocycles. The lowest BCUT2D eigenvalue weighted by Crippen LogP contribution is -2.56. The molecule has 6 heteroatoms. The monoisotopic (exact) mass is 419 g/mol. The van der Waals surface area contributed by atoms with Crippen LogP contribution in [0.4, 0.5) is 0 Å². The predicted molar refractivity (Wildman–Crippen MR) is 118 cm³/mol. The van der Waals surface area contributed by atoms with Gasteiger partial charge in [-0.05, 0) is 31.6 Å². The molecule has 3 fully saturated rings. The van der Waals surface area contributed by atoms with E-state index >= 15 is 0 Å². The fourth-order valence-electron chi connectivity index (χ4n) is 5.16. The van der Waals surface area contributed by atoms with Gasteiger partial charge < -0.3 is 14.7 Å². The number of hydrogen-bond donors (Lipinski definition) is 0. The van der Waals surface area contributed by atoms with Crippen LogP contribution in [0.2, 0.25) is 0 Å². The van der Waals surface area contributed by atoms with Crippen molar-refractivity contribution in [3.63, 3.8) is 0 Å². The molecule has 3 aliphatic rings. The average Bonchev–Trinajstić information content (AvgIpc) is 3.12. The van der Waals surface area contributed by atoms with Crippen molar-refractivity contribution < 1.29 is 14.4 Å². The highest BCUT2D eigenvalue weighted by atomic mass is 16.2. The van der Waals surface area contributed by atoms with Crippen LogP contribution < -0.4 is 0 Å². The van der Waals surface area contributed by atoms with E-state index in [9.17, 15) is 14.4 Å². The van der Waals surface area contributed by atoms with Gasteiger partial charge in [0.05, 0.1) is 6.04 Å². The van der Waals surface area contributed by atoms with Gasteiger partial charge in [-0.2, -0.15) is 0 Å². The number of nitrogens with zero attached hydrogens (tertiary/aromatic N) is 3. The molecule has 3 amide bonds. The molecule has 0 aliphatic carbocycles. The van der Waals surface area contributed by atoms with Crippen LogP contribution in [-0.4, -0.2) is 71.2 Å². The fourth-order valence-corrected chi connectivity index (χ4v) is 5.16. The summed E-state index contributed by atoms with van der Waals surface area (Å²) in [4.78, 5) is 44.2. The molecule has 170 valence electrons. The molecule has 0 radical (unpaired) electrons. The molecule has 1 atom stereocenters. The molecule has 3 heterocycles. The summed E-state index contributed by atoms with van der Waals surface area (Å²) in [6.07, 6.45) is 3.78. The average molecular weight is 420 g/mol. The van der Waals surface area contributed by atoms with Crippen LogP contribution in [0.5, 0.6) is 0 Å². The zero-order valence-electron chi connectivity index (χ0n) is 20.1. The first-order chi connectivity index (χ1) is 13.7. The fraction of sp³-hybridized carbons (Fsp3) is 0.875. The first kappa shape index (κ1) is 23.1. The van der Waals surface area contributed by atoms with Crippen LogP contribution in [0.1, 0.15) is 74.1 Å². The summed E-state index contributed by atoms with van der Waals surface area (Å²) in [6.45, 7) is 18.0. The van der Waals surface area contributed by atoms with Gasteiger partial charge in [-0.25, -0.2) is 0 Å². The van der Waals surface area contributed by atoms with Crippen molar-refractivity contribution in [3.05, 3.63) is 0 Å². The van der Waals surface area contributed by atoms with Crippen molar-refractivity contribution in [2.45, 2.75) is 80.2 Å². The van der Waals surface area contributed by atoms with Gasteiger partial charge in [0.25, 0.3) is 0 Å². The number of carbonyl (C=O) groups is 3. The number of rotatable bonds is 6. The Morgan fingerprint density at radius 3 is 1.73 bits per heavy atom. The van der Waals surface area contributed by atoms with Gasteiger partial charge in [-0.15, -0.1) is 0 Å². The van der Waals surface area contributed by atoms with E-state index < -0.39 is 5.41 Å². The SMILES string of the molecule is CC(C)(C)C(=O)N1CC1CC(C)(C)C(=O)N1CC(CC(C)(C)C(=O)N2CCCC2)C1. The normalized spacial score (nSPS) is 22.9. The highest BCUT2D eigenvalue weighted by molar-refractivity contribution is 5.85. The Hall–Kier alpha value is -1.59. The van der Waals surface area contributed by atoms with E-state index in [1.165, 1.54) is 0 Å². The third kappa shape index (κ3) is 4.83. The van der Waals surface area contributed by atoms with Crippen LogP contribution in [0.15, 0.2) is 0 Å². The largest absolute Gasteiger partial charge is 0.342 e. The van der Waals surface area contributed by atoms with Gasteiger partial charge in [0.2, 0.25) is 17.7 Å². The molecule has 30 heavy (non-hydrogen) atoms. The van der Waals surface area contributed by atoms with E-state index in [1.807, 2.05) is 49.3 Å². The molecule has 0 aromatic carbocycles. The molecular weight excluding hydrogens is 378 g/mol. The van der Waals surface area contributed by atoms with Crippen molar-refractivity contribution in [1.82, 2.24) is 14.7 Å². The molecule has 0 spiro atoms. The van der Waals surface area contributed by atoms with E-state index in [4.69, 9.17) is 0 Å². The van der Waals surface area contributed by atoms with Crippen LogP contribution in [0, 0.1) is 22.2 Å². The van der Waals surface area contributed by atoms with E-state index in [0.29, 0.717) is 12.3 Å². The Bertz CT molecular complexity index is 695. The Morgan fingerprint density at radius 2 is 1.20 bits per heavy atom. The topological polar surface area (TPSA) is 60.7 Å². The molecule has 0 N–H and O–H groups in total. The second-order valence-corrected chi connectivity index (χ2v) is 12.1. The highest BCUT2D eigenvalue weighted by Gasteiger charge is 2.49. The van der Waals surface area contributed by atoms with E-state index in [0.717, 1.165) is 52.0 Å². The molecule has 0 saturated carbocycles. The van der Waals surface area contributed by atoms with Crippen molar-refractivity contribution in [2.24, 2.45) is 22.2 Å². The first-order valence-corrected chi connectivity index (χ1v) is 11.6. The third-order valence-electron chi connectivity index (χ3n) is 6.96. The third-order valence-corrected chi connectivity index (χ3v) is 6.96. The maximum atomic E-state index is 13.1. The van der Waals surface area contributed by atoms with Crippen molar-refractivity contribution in [1.29, 1.82) is 0 Å². The van der Waals surface area contributed by atoms with Gasteiger partial charge >= 0.3 is 0 Å². The molecule has 1 unspecified atom stereocenters. The number of amides is 3. The second-order valence-electron chi connectivity index (χ2n) is 12.1. The Morgan fingerprint density at radius 1 is 0.700 bits per heavy atom. The van der Waals surface area contributed by atoms with Crippen molar-refractivity contribution in [2.75, 3.05) is 32.7 Å². The smallest absolute Gasteiger partial charge is 0.228 e. The zero-order chi connectivity index (χ0) is 22.5. The van der Waals surface area contributed by atoms with Gasteiger partial charge in [-0.3, -0.25) is 14.4 Å². The zero-order valence-corrected chi connectivity index (χ0v) is 20.1. The summed E-state index contributed by atoms with van der Waals surface area (Å²) in [5.41, 5.74) is -1.20. The molecule has 0 aromatic rings. The highest BCUT2D eigenvalue weighted by Crippen LogP contribution is 2.39. The van der Waals surface area contributed by atoms with Crippen LogP contribution in [0.3, 0.4) is 0 Å². The van der Waals surface area contributed by atoms with Crippen LogP contribution >= 0.6 is 0 Å². The Balaban J connectivity index is 1.46. The van der Waals surface area contributed by atoms with Gasteiger partial charge in [-0.1, -0.05) is 48.5 Å². The number of carbonyl (C=O) groups excluding carboxylic acids is 3. The molecule has 6 nitrogen and oxygen atoms in total. The predicted octanol–water partition coefficient (Wildman–Crippen LogP) is 3.16. The lowest BCUT2D eigenvalue weighted by molar-refractivity contribution is -0.150. The molecule has 0 bridgehead atoms. The molecule has 3 saturated heterocycles. The Kier molecular flexibility index (Phi) is 6.02. The second kappa shape index (κ2) is 7.83.